The Morgan fingerprint density at radius 2 is 1.88 bits per heavy atom. The van der Waals surface area contributed by atoms with Crippen LogP contribution in [-0.2, 0) is 22.7 Å². The fourth-order valence-corrected chi connectivity index (χ4v) is 5.19. The normalized spacial score (nSPS) is 16.4. The van der Waals surface area contributed by atoms with Crippen molar-refractivity contribution in [1.82, 2.24) is 5.32 Å². The van der Waals surface area contributed by atoms with Gasteiger partial charge in [-0.3, -0.25) is 5.26 Å². The zero-order valence-electron chi connectivity index (χ0n) is 18.8. The van der Waals surface area contributed by atoms with Crippen LogP contribution in [-0.4, -0.2) is 35.2 Å². The SMILES string of the molecule is CC(C)(Cc1ccc2ccccc2c1)NC[C@@H](O)COC(c1ccc(COO)s1)C1CC1. The predicted octanol–water partition coefficient (Wildman–Crippen LogP) is 5.33. The van der Waals surface area contributed by atoms with E-state index in [0.29, 0.717) is 19.1 Å². The lowest BCUT2D eigenvalue weighted by atomic mass is 9.93. The lowest BCUT2D eigenvalue weighted by Crippen LogP contribution is -2.46. The first-order valence-corrected chi connectivity index (χ1v) is 12.1. The van der Waals surface area contributed by atoms with Gasteiger partial charge in [0.15, 0.2) is 0 Å². The van der Waals surface area contributed by atoms with Gasteiger partial charge in [-0.2, -0.15) is 0 Å². The minimum Gasteiger partial charge on any atom is -0.389 e. The number of fused-ring (bicyclic) bond motifs is 1. The molecule has 1 unspecified atom stereocenters. The quantitative estimate of drug-likeness (QED) is 0.254. The molecule has 3 aromatic rings. The summed E-state index contributed by atoms with van der Waals surface area (Å²) in [7, 11) is 0. The first-order chi connectivity index (χ1) is 15.4. The Morgan fingerprint density at radius 3 is 2.62 bits per heavy atom. The predicted molar refractivity (Wildman–Crippen MR) is 129 cm³/mol. The molecule has 2 aromatic carbocycles. The van der Waals surface area contributed by atoms with Gasteiger partial charge in [-0.25, -0.2) is 4.89 Å². The summed E-state index contributed by atoms with van der Waals surface area (Å²) in [6.45, 7) is 5.30. The van der Waals surface area contributed by atoms with Crippen LogP contribution in [0.1, 0.15) is 48.1 Å². The molecule has 3 N–H and O–H groups in total. The summed E-state index contributed by atoms with van der Waals surface area (Å²) in [5.41, 5.74) is 1.13. The molecule has 5 nitrogen and oxygen atoms in total. The molecule has 1 aromatic heterocycles. The van der Waals surface area contributed by atoms with E-state index in [2.05, 4.69) is 66.5 Å². The van der Waals surface area contributed by atoms with Crippen LogP contribution in [0.15, 0.2) is 54.6 Å². The molecule has 6 heteroatoms. The topological polar surface area (TPSA) is 71.0 Å². The highest BCUT2D eigenvalue weighted by molar-refractivity contribution is 7.12. The molecule has 1 fully saturated rings. The van der Waals surface area contributed by atoms with Crippen molar-refractivity contribution >= 4 is 22.1 Å². The second kappa shape index (κ2) is 10.4. The number of hydrogen-bond donors (Lipinski definition) is 3. The van der Waals surface area contributed by atoms with Crippen molar-refractivity contribution in [1.29, 1.82) is 0 Å². The first kappa shape index (κ1) is 23.4. The van der Waals surface area contributed by atoms with Gasteiger partial charge in [-0.15, -0.1) is 11.3 Å². The van der Waals surface area contributed by atoms with Crippen molar-refractivity contribution in [2.24, 2.45) is 5.92 Å². The zero-order chi connectivity index (χ0) is 22.6. The number of hydrogen-bond acceptors (Lipinski definition) is 6. The van der Waals surface area contributed by atoms with Crippen LogP contribution in [0.2, 0.25) is 0 Å². The number of thiophene rings is 1. The van der Waals surface area contributed by atoms with Gasteiger partial charge in [-0.1, -0.05) is 42.5 Å². The van der Waals surface area contributed by atoms with Gasteiger partial charge in [0.2, 0.25) is 0 Å². The van der Waals surface area contributed by atoms with Crippen LogP contribution in [0.25, 0.3) is 10.8 Å². The van der Waals surface area contributed by atoms with Gasteiger partial charge < -0.3 is 15.2 Å². The van der Waals surface area contributed by atoms with E-state index in [1.807, 2.05) is 12.1 Å². The summed E-state index contributed by atoms with van der Waals surface area (Å²) < 4.78 is 6.15. The fraction of sp³-hybridized carbons (Fsp3) is 0.462. The molecular weight excluding hydrogens is 422 g/mol. The Bertz CT molecular complexity index is 1010. The first-order valence-electron chi connectivity index (χ1n) is 11.3. The van der Waals surface area contributed by atoms with Gasteiger partial charge in [0.25, 0.3) is 0 Å². The molecule has 1 aliphatic rings. The lowest BCUT2D eigenvalue weighted by molar-refractivity contribution is -0.252. The zero-order valence-corrected chi connectivity index (χ0v) is 19.6. The Hall–Kier alpha value is -1.80. The van der Waals surface area contributed by atoms with Crippen LogP contribution in [0.4, 0.5) is 0 Å². The third kappa shape index (κ3) is 6.38. The lowest BCUT2D eigenvalue weighted by Gasteiger charge is -2.28. The Kier molecular flexibility index (Phi) is 7.61. The number of aliphatic hydroxyl groups excluding tert-OH is 1. The smallest absolute Gasteiger partial charge is 0.116 e. The van der Waals surface area contributed by atoms with Crippen molar-refractivity contribution in [3.8, 4) is 0 Å². The van der Waals surface area contributed by atoms with Crippen molar-refractivity contribution in [3.63, 3.8) is 0 Å². The van der Waals surface area contributed by atoms with Crippen molar-refractivity contribution in [3.05, 3.63) is 69.9 Å². The van der Waals surface area contributed by atoms with Crippen LogP contribution >= 0.6 is 11.3 Å². The van der Waals surface area contributed by atoms with Crippen LogP contribution in [0.5, 0.6) is 0 Å². The van der Waals surface area contributed by atoms with E-state index in [1.165, 1.54) is 16.3 Å². The minimum atomic E-state index is -0.577. The largest absolute Gasteiger partial charge is 0.389 e. The number of ether oxygens (including phenoxy) is 1. The van der Waals surface area contributed by atoms with E-state index < -0.39 is 6.10 Å². The molecule has 1 saturated carbocycles. The van der Waals surface area contributed by atoms with Crippen molar-refractivity contribution in [2.75, 3.05) is 13.2 Å². The molecular formula is C26H33NO4S. The molecule has 0 amide bonds. The average molecular weight is 456 g/mol. The van der Waals surface area contributed by atoms with Gasteiger partial charge in [0.1, 0.15) is 6.61 Å². The molecule has 172 valence electrons. The van der Waals surface area contributed by atoms with Crippen molar-refractivity contribution in [2.45, 2.75) is 57.5 Å². The van der Waals surface area contributed by atoms with E-state index in [1.54, 1.807) is 11.3 Å². The second-order valence-corrected chi connectivity index (χ2v) is 10.6. The maximum atomic E-state index is 10.6. The Balaban J connectivity index is 1.27. The van der Waals surface area contributed by atoms with E-state index >= 15 is 0 Å². The van der Waals surface area contributed by atoms with E-state index in [4.69, 9.17) is 9.99 Å². The average Bonchev–Trinajstić information content (AvgIpc) is 3.51. The third-order valence-corrected chi connectivity index (χ3v) is 7.08. The molecule has 1 aliphatic carbocycles. The van der Waals surface area contributed by atoms with Gasteiger partial charge >= 0.3 is 0 Å². The monoisotopic (exact) mass is 455 g/mol. The summed E-state index contributed by atoms with van der Waals surface area (Å²) in [5.74, 6) is 0.515. The van der Waals surface area contributed by atoms with Crippen LogP contribution in [0, 0.1) is 5.92 Å². The van der Waals surface area contributed by atoms with Gasteiger partial charge in [-0.05, 0) is 67.5 Å². The summed E-state index contributed by atoms with van der Waals surface area (Å²) in [6, 6.07) is 19.0. The van der Waals surface area contributed by atoms with Crippen molar-refractivity contribution < 1.29 is 20.0 Å². The molecule has 4 rings (SSSR count). The molecule has 32 heavy (non-hydrogen) atoms. The number of rotatable bonds is 12. The maximum Gasteiger partial charge on any atom is 0.116 e. The number of nitrogens with one attached hydrogen (secondary N) is 1. The minimum absolute atomic E-state index is 0.00713. The molecule has 0 radical (unpaired) electrons. The third-order valence-electron chi connectivity index (χ3n) is 5.96. The summed E-state index contributed by atoms with van der Waals surface area (Å²) in [4.78, 5) is 6.35. The number of benzene rings is 2. The number of β-amino-alcohol motifs (C(OH)–C–C–N with tert-alkyl or cyclic N) is 1. The highest BCUT2D eigenvalue weighted by atomic mass is 32.1. The van der Waals surface area contributed by atoms with Crippen LogP contribution < -0.4 is 5.32 Å². The molecule has 0 bridgehead atoms. The van der Waals surface area contributed by atoms with E-state index in [0.717, 1.165) is 29.0 Å². The number of aliphatic hydroxyl groups is 1. The summed E-state index contributed by atoms with van der Waals surface area (Å²) in [5, 5.41) is 25.3. The molecule has 0 saturated heterocycles. The van der Waals surface area contributed by atoms with Crippen LogP contribution in [0.3, 0.4) is 0 Å². The molecule has 0 spiro atoms. The molecule has 2 atom stereocenters. The Morgan fingerprint density at radius 1 is 1.09 bits per heavy atom. The van der Waals surface area contributed by atoms with E-state index in [-0.39, 0.29) is 18.2 Å². The maximum absolute atomic E-state index is 10.6. The second-order valence-electron chi connectivity index (χ2n) is 9.45. The van der Waals surface area contributed by atoms with Gasteiger partial charge in [0, 0.05) is 21.8 Å². The fourth-order valence-electron chi connectivity index (χ4n) is 4.13. The highest BCUT2D eigenvalue weighted by Crippen LogP contribution is 2.45. The van der Waals surface area contributed by atoms with E-state index in [9.17, 15) is 5.11 Å². The highest BCUT2D eigenvalue weighted by Gasteiger charge is 2.34. The molecule has 0 aliphatic heterocycles. The summed E-state index contributed by atoms with van der Waals surface area (Å²) in [6.07, 6.45) is 2.62. The summed E-state index contributed by atoms with van der Waals surface area (Å²) >= 11 is 1.60. The Labute approximate surface area is 193 Å². The van der Waals surface area contributed by atoms with Gasteiger partial charge in [0.05, 0.1) is 18.8 Å². The standard InChI is InChI=1S/C26H33NO4S/c1-26(2,14-18-7-8-19-5-3-4-6-21(19)13-18)27-15-22(28)16-30-25(20-9-10-20)24-12-11-23(32-24)17-31-29/h3-8,11-13,20,22,25,27-29H,9-10,14-17H2,1-2H3/t22-,25?/m1/s1. The molecule has 1 heterocycles.